The molecule has 6 heteroatoms. The van der Waals surface area contributed by atoms with Crippen molar-refractivity contribution in [2.45, 2.75) is 238 Å². The topological polar surface area (TPSA) is 95.9 Å². The van der Waals surface area contributed by atoms with Gasteiger partial charge in [-0.1, -0.05) is 186 Å². The standard InChI is InChI=1S/C44H83NO5/c1-4-7-10-13-16-19-21-22-23-25-28-31-34-37-44(49)50-40(35-32-29-26-18-15-12-9-6-3)38-43(48)45-41(39-46)42(47)36-33-30-27-24-20-17-14-11-8-5-2/h22-23,28,31,40-42,46-47H,4-21,24-27,29-30,32-39H2,1-3H3,(H,45,48)/b23-22-,31-28+. The van der Waals surface area contributed by atoms with Gasteiger partial charge in [-0.05, 0) is 44.9 Å². The molecule has 3 N–H and O–H groups in total. The summed E-state index contributed by atoms with van der Waals surface area (Å²) < 4.78 is 5.83. The number of nitrogens with one attached hydrogen (secondary N) is 1. The minimum Gasteiger partial charge on any atom is -0.462 e. The Kier molecular flexibility index (Phi) is 37.3. The molecule has 50 heavy (non-hydrogen) atoms. The SMILES string of the molecule is CCCCCCCC/C=C\C/C=C/CCC(=O)OC(CCCCCCCCCC)CC(=O)NC(CO)C(O)CCCCCCCCCCCC. The van der Waals surface area contributed by atoms with Gasteiger partial charge in [0.15, 0.2) is 0 Å². The molecular weight excluding hydrogens is 622 g/mol. The maximum absolute atomic E-state index is 13.0. The summed E-state index contributed by atoms with van der Waals surface area (Å²) in [7, 11) is 0. The first kappa shape index (κ1) is 48.3. The second kappa shape index (κ2) is 38.6. The van der Waals surface area contributed by atoms with E-state index < -0.39 is 18.2 Å². The summed E-state index contributed by atoms with van der Waals surface area (Å²) in [6, 6.07) is -0.703. The van der Waals surface area contributed by atoms with Gasteiger partial charge in [0.1, 0.15) is 6.10 Å². The number of carbonyl (C=O) groups excluding carboxylic acids is 2. The minimum atomic E-state index is -0.788. The van der Waals surface area contributed by atoms with Crippen molar-refractivity contribution >= 4 is 11.9 Å². The fourth-order valence-electron chi connectivity index (χ4n) is 6.48. The smallest absolute Gasteiger partial charge is 0.306 e. The van der Waals surface area contributed by atoms with E-state index in [9.17, 15) is 19.8 Å². The summed E-state index contributed by atoms with van der Waals surface area (Å²) in [6.45, 7) is 6.41. The number of aliphatic hydroxyl groups is 2. The Morgan fingerprint density at radius 2 is 1.02 bits per heavy atom. The molecule has 0 spiro atoms. The first-order valence-corrected chi connectivity index (χ1v) is 21.6. The lowest BCUT2D eigenvalue weighted by Gasteiger charge is -2.24. The molecule has 0 fully saturated rings. The number of hydrogen-bond donors (Lipinski definition) is 3. The van der Waals surface area contributed by atoms with E-state index in [1.165, 1.54) is 116 Å². The molecule has 0 aromatic rings. The molecule has 0 aromatic carbocycles. The number of ether oxygens (including phenoxy) is 1. The molecule has 0 bridgehead atoms. The van der Waals surface area contributed by atoms with Gasteiger partial charge in [0.2, 0.25) is 5.91 Å². The average Bonchev–Trinajstić information content (AvgIpc) is 3.10. The molecule has 0 aliphatic carbocycles. The normalized spacial score (nSPS) is 13.6. The lowest BCUT2D eigenvalue weighted by Crippen LogP contribution is -2.46. The second-order valence-corrected chi connectivity index (χ2v) is 14.7. The monoisotopic (exact) mass is 706 g/mol. The molecule has 294 valence electrons. The highest BCUT2D eigenvalue weighted by atomic mass is 16.5. The molecule has 0 aliphatic heterocycles. The highest BCUT2D eigenvalue weighted by Gasteiger charge is 2.24. The van der Waals surface area contributed by atoms with Gasteiger partial charge >= 0.3 is 5.97 Å². The van der Waals surface area contributed by atoms with Crippen LogP contribution in [0.2, 0.25) is 0 Å². The molecule has 6 nitrogen and oxygen atoms in total. The zero-order valence-electron chi connectivity index (χ0n) is 33.3. The van der Waals surface area contributed by atoms with Crippen LogP contribution in [0.1, 0.15) is 220 Å². The van der Waals surface area contributed by atoms with E-state index in [2.05, 4.69) is 44.3 Å². The summed E-state index contributed by atoms with van der Waals surface area (Å²) in [5.41, 5.74) is 0. The number of hydrogen-bond acceptors (Lipinski definition) is 5. The number of aliphatic hydroxyl groups excluding tert-OH is 2. The van der Waals surface area contributed by atoms with Gasteiger partial charge in [0.25, 0.3) is 0 Å². The molecule has 3 unspecified atom stereocenters. The summed E-state index contributed by atoms with van der Waals surface area (Å²) in [5, 5.41) is 23.5. The fraction of sp³-hybridized carbons (Fsp3) is 0.864. The summed E-state index contributed by atoms with van der Waals surface area (Å²) in [6.07, 6.45) is 41.1. The third kappa shape index (κ3) is 33.5. The van der Waals surface area contributed by atoms with E-state index in [0.29, 0.717) is 25.7 Å². The van der Waals surface area contributed by atoms with Crippen LogP contribution in [-0.4, -0.2) is 46.9 Å². The van der Waals surface area contributed by atoms with Gasteiger partial charge in [-0.3, -0.25) is 9.59 Å². The van der Waals surface area contributed by atoms with E-state index >= 15 is 0 Å². The Hall–Kier alpha value is -1.66. The number of carbonyl (C=O) groups is 2. The molecule has 0 radical (unpaired) electrons. The van der Waals surface area contributed by atoms with Crippen LogP contribution in [0.4, 0.5) is 0 Å². The summed E-state index contributed by atoms with van der Waals surface area (Å²) in [4.78, 5) is 25.8. The first-order valence-electron chi connectivity index (χ1n) is 21.6. The van der Waals surface area contributed by atoms with E-state index in [1.54, 1.807) is 0 Å². The lowest BCUT2D eigenvalue weighted by molar-refractivity contribution is -0.150. The minimum absolute atomic E-state index is 0.0585. The van der Waals surface area contributed by atoms with Gasteiger partial charge < -0.3 is 20.3 Å². The highest BCUT2D eigenvalue weighted by Crippen LogP contribution is 2.17. The van der Waals surface area contributed by atoms with E-state index in [0.717, 1.165) is 51.4 Å². The number of rotatable bonds is 38. The van der Waals surface area contributed by atoms with Gasteiger partial charge in [-0.15, -0.1) is 0 Å². The lowest BCUT2D eigenvalue weighted by atomic mass is 10.0. The Balaban J connectivity index is 4.59. The van der Waals surface area contributed by atoms with Crippen LogP contribution in [-0.2, 0) is 14.3 Å². The zero-order valence-corrected chi connectivity index (χ0v) is 33.3. The quantitative estimate of drug-likeness (QED) is 0.0337. The number of amides is 1. The third-order valence-corrected chi connectivity index (χ3v) is 9.80. The van der Waals surface area contributed by atoms with Gasteiger partial charge in [-0.25, -0.2) is 0 Å². The van der Waals surface area contributed by atoms with Crippen molar-refractivity contribution in [3.05, 3.63) is 24.3 Å². The van der Waals surface area contributed by atoms with Crippen molar-refractivity contribution in [2.24, 2.45) is 0 Å². The molecule has 0 rings (SSSR count). The van der Waals surface area contributed by atoms with E-state index in [-0.39, 0.29) is 24.9 Å². The summed E-state index contributed by atoms with van der Waals surface area (Å²) in [5.74, 6) is -0.554. The third-order valence-electron chi connectivity index (χ3n) is 9.80. The van der Waals surface area contributed by atoms with Crippen molar-refractivity contribution < 1.29 is 24.5 Å². The maximum atomic E-state index is 13.0. The van der Waals surface area contributed by atoms with Crippen LogP contribution in [0.3, 0.4) is 0 Å². The Morgan fingerprint density at radius 1 is 0.580 bits per heavy atom. The molecule has 0 saturated heterocycles. The van der Waals surface area contributed by atoms with E-state index in [4.69, 9.17) is 4.74 Å². The first-order chi connectivity index (χ1) is 24.5. The van der Waals surface area contributed by atoms with Crippen LogP contribution >= 0.6 is 0 Å². The molecule has 0 aliphatic rings. The fourth-order valence-corrected chi connectivity index (χ4v) is 6.48. The summed E-state index contributed by atoms with van der Waals surface area (Å²) >= 11 is 0. The van der Waals surface area contributed by atoms with Crippen molar-refractivity contribution in [3.8, 4) is 0 Å². The Morgan fingerprint density at radius 3 is 1.52 bits per heavy atom. The molecule has 1 amide bonds. The molecule has 3 atom stereocenters. The predicted molar refractivity (Wildman–Crippen MR) is 213 cm³/mol. The Labute approximate surface area is 310 Å². The van der Waals surface area contributed by atoms with Crippen LogP contribution in [0, 0.1) is 0 Å². The van der Waals surface area contributed by atoms with Crippen LogP contribution < -0.4 is 5.32 Å². The average molecular weight is 706 g/mol. The molecule has 0 heterocycles. The zero-order chi connectivity index (χ0) is 36.8. The molecule has 0 aromatic heterocycles. The van der Waals surface area contributed by atoms with Gasteiger partial charge in [-0.2, -0.15) is 0 Å². The van der Waals surface area contributed by atoms with Crippen molar-refractivity contribution in [2.75, 3.05) is 6.61 Å². The van der Waals surface area contributed by atoms with Crippen LogP contribution in [0.25, 0.3) is 0 Å². The van der Waals surface area contributed by atoms with Gasteiger partial charge in [0, 0.05) is 6.42 Å². The number of unbranched alkanes of at least 4 members (excludes halogenated alkanes) is 22. The predicted octanol–water partition coefficient (Wildman–Crippen LogP) is 12.0. The Bertz CT molecular complexity index is 797. The number of esters is 1. The largest absolute Gasteiger partial charge is 0.462 e. The van der Waals surface area contributed by atoms with Gasteiger partial charge in [0.05, 0.1) is 25.2 Å². The number of allylic oxidation sites excluding steroid dienone is 4. The van der Waals surface area contributed by atoms with Crippen molar-refractivity contribution in [1.29, 1.82) is 0 Å². The van der Waals surface area contributed by atoms with Crippen molar-refractivity contribution in [3.63, 3.8) is 0 Å². The van der Waals surface area contributed by atoms with Crippen LogP contribution in [0.5, 0.6) is 0 Å². The van der Waals surface area contributed by atoms with E-state index in [1.807, 2.05) is 6.08 Å². The highest BCUT2D eigenvalue weighted by molar-refractivity contribution is 5.77. The van der Waals surface area contributed by atoms with Crippen molar-refractivity contribution in [1.82, 2.24) is 5.32 Å². The second-order valence-electron chi connectivity index (χ2n) is 14.7. The van der Waals surface area contributed by atoms with Crippen LogP contribution in [0.15, 0.2) is 24.3 Å². The maximum Gasteiger partial charge on any atom is 0.306 e. The molecular formula is C44H83NO5. The molecule has 0 saturated carbocycles.